The number of aromatic nitrogens is 2. The van der Waals surface area contributed by atoms with Gasteiger partial charge in [0.25, 0.3) is 5.91 Å². The Morgan fingerprint density at radius 2 is 2.19 bits per heavy atom. The van der Waals surface area contributed by atoms with E-state index in [1.165, 1.54) is 0 Å². The first-order valence-electron chi connectivity index (χ1n) is 12.5. The highest BCUT2D eigenvalue weighted by Crippen LogP contribution is 2.54. The molecule has 6 rings (SSSR count). The molecule has 1 atom stereocenters. The number of carbonyl (C=O) groups excluding carboxylic acids is 1. The largest absolute Gasteiger partial charge is 0.493 e. The Bertz CT molecular complexity index is 1340. The van der Waals surface area contributed by atoms with E-state index in [9.17, 15) is 4.79 Å². The van der Waals surface area contributed by atoms with Crippen LogP contribution < -0.4 is 20.1 Å². The highest BCUT2D eigenvalue weighted by molar-refractivity contribution is 6.32. The van der Waals surface area contributed by atoms with E-state index in [-0.39, 0.29) is 17.4 Å². The Morgan fingerprint density at radius 3 is 2.97 bits per heavy atom. The molecule has 0 unspecified atom stereocenters. The Labute approximate surface area is 220 Å². The molecule has 2 aromatic heterocycles. The van der Waals surface area contributed by atoms with Crippen molar-refractivity contribution in [3.63, 3.8) is 0 Å². The molecule has 1 aliphatic carbocycles. The number of para-hydroxylation sites is 1. The predicted octanol–water partition coefficient (Wildman–Crippen LogP) is 3.97. The van der Waals surface area contributed by atoms with Gasteiger partial charge in [-0.05, 0) is 38.1 Å². The van der Waals surface area contributed by atoms with E-state index in [1.54, 1.807) is 25.6 Å². The molecule has 1 amide bonds. The molecule has 1 spiro atoms. The summed E-state index contributed by atoms with van der Waals surface area (Å²) in [7, 11) is 3.65. The molecule has 0 radical (unpaired) electrons. The van der Waals surface area contributed by atoms with Gasteiger partial charge in [0, 0.05) is 42.5 Å². The lowest BCUT2D eigenvalue weighted by molar-refractivity contribution is -0.0403. The summed E-state index contributed by atoms with van der Waals surface area (Å²) in [4.78, 5) is 23.4. The minimum atomic E-state index is -0.117. The molecule has 37 heavy (non-hydrogen) atoms. The number of hydrogen-bond donors (Lipinski definition) is 3. The van der Waals surface area contributed by atoms with Crippen molar-refractivity contribution in [2.75, 3.05) is 52.3 Å². The lowest BCUT2D eigenvalue weighted by Crippen LogP contribution is -2.42. The number of fused-ring (bicyclic) bond motifs is 2. The monoisotopic (exact) mass is 523 g/mol. The number of anilines is 2. The number of aromatic amines is 1. The van der Waals surface area contributed by atoms with E-state index in [2.05, 4.69) is 32.5 Å². The summed E-state index contributed by atoms with van der Waals surface area (Å²) in [6.07, 6.45) is 5.44. The Kier molecular flexibility index (Phi) is 6.22. The van der Waals surface area contributed by atoms with Crippen LogP contribution in [0.4, 0.5) is 11.4 Å². The number of nitrogens with one attached hydrogen (secondary N) is 3. The molecule has 194 valence electrons. The van der Waals surface area contributed by atoms with Crippen molar-refractivity contribution in [2.24, 2.45) is 0 Å². The first kappa shape index (κ1) is 24.1. The van der Waals surface area contributed by atoms with E-state index in [1.807, 2.05) is 18.2 Å². The van der Waals surface area contributed by atoms with Crippen molar-refractivity contribution in [1.82, 2.24) is 20.2 Å². The minimum Gasteiger partial charge on any atom is -0.493 e. The van der Waals surface area contributed by atoms with Crippen LogP contribution in [0.15, 0.2) is 36.7 Å². The summed E-state index contributed by atoms with van der Waals surface area (Å²) in [5.41, 5.74) is 4.39. The van der Waals surface area contributed by atoms with Gasteiger partial charge in [-0.1, -0.05) is 17.7 Å². The summed E-state index contributed by atoms with van der Waals surface area (Å²) < 4.78 is 17.7. The number of nitrogens with zero attached hydrogens (tertiary/aromatic N) is 2. The van der Waals surface area contributed by atoms with Crippen LogP contribution in [-0.4, -0.2) is 73.9 Å². The zero-order valence-electron chi connectivity index (χ0n) is 20.9. The number of morpholine rings is 1. The van der Waals surface area contributed by atoms with Crippen LogP contribution >= 0.6 is 11.6 Å². The second kappa shape index (κ2) is 9.55. The maximum absolute atomic E-state index is 13.2. The van der Waals surface area contributed by atoms with E-state index in [4.69, 9.17) is 25.8 Å². The number of H-pyrrole nitrogens is 1. The fourth-order valence-electron chi connectivity index (χ4n) is 5.26. The van der Waals surface area contributed by atoms with Crippen LogP contribution in [-0.2, 0) is 10.2 Å². The summed E-state index contributed by atoms with van der Waals surface area (Å²) in [6, 6.07) is 7.39. The zero-order chi connectivity index (χ0) is 25.6. The third-order valence-electron chi connectivity index (χ3n) is 7.45. The summed E-state index contributed by atoms with van der Waals surface area (Å²) >= 11 is 6.41. The van der Waals surface area contributed by atoms with Crippen LogP contribution in [0.2, 0.25) is 5.02 Å². The Hall–Kier alpha value is -3.27. The Morgan fingerprint density at radius 1 is 1.32 bits per heavy atom. The van der Waals surface area contributed by atoms with Gasteiger partial charge in [-0.15, -0.1) is 0 Å². The van der Waals surface area contributed by atoms with Crippen LogP contribution in [0.3, 0.4) is 0 Å². The fourth-order valence-corrected chi connectivity index (χ4v) is 5.51. The number of rotatable bonds is 7. The minimum absolute atomic E-state index is 0.0301. The lowest BCUT2D eigenvalue weighted by atomic mass is 9.93. The van der Waals surface area contributed by atoms with Crippen LogP contribution in [0, 0.1) is 0 Å². The smallest absolute Gasteiger partial charge is 0.255 e. The maximum Gasteiger partial charge on any atom is 0.255 e. The quantitative estimate of drug-likeness (QED) is 0.431. The van der Waals surface area contributed by atoms with Crippen molar-refractivity contribution in [1.29, 1.82) is 0 Å². The highest BCUT2D eigenvalue weighted by atomic mass is 35.5. The molecule has 3 aromatic rings. The number of pyridine rings is 1. The highest BCUT2D eigenvalue weighted by Gasteiger charge is 2.51. The second-order valence-corrected chi connectivity index (χ2v) is 10.4. The number of halogens is 1. The lowest BCUT2D eigenvalue weighted by Gasteiger charge is -2.30. The van der Waals surface area contributed by atoms with Crippen molar-refractivity contribution < 1.29 is 19.0 Å². The van der Waals surface area contributed by atoms with E-state index in [0.717, 1.165) is 42.9 Å². The summed E-state index contributed by atoms with van der Waals surface area (Å²) in [5.74, 6) is 1.00. The molecule has 9 nitrogen and oxygen atoms in total. The number of ether oxygens (including phenoxy) is 3. The molecular weight excluding hydrogens is 494 g/mol. The molecule has 10 heteroatoms. The molecule has 3 N–H and O–H groups in total. The predicted molar refractivity (Wildman–Crippen MR) is 141 cm³/mol. The van der Waals surface area contributed by atoms with E-state index < -0.39 is 0 Å². The molecule has 1 saturated heterocycles. The average molecular weight is 524 g/mol. The van der Waals surface area contributed by atoms with Gasteiger partial charge < -0.3 is 34.7 Å². The third kappa shape index (κ3) is 4.41. The van der Waals surface area contributed by atoms with Gasteiger partial charge in [0.2, 0.25) is 0 Å². The van der Waals surface area contributed by atoms with Gasteiger partial charge in [-0.25, -0.2) is 0 Å². The zero-order valence-corrected chi connectivity index (χ0v) is 21.7. The van der Waals surface area contributed by atoms with Crippen LogP contribution in [0.5, 0.6) is 11.5 Å². The molecular formula is C27H30ClN5O4. The van der Waals surface area contributed by atoms with Gasteiger partial charge in [0.15, 0.2) is 5.75 Å². The van der Waals surface area contributed by atoms with Crippen molar-refractivity contribution >= 4 is 28.9 Å². The maximum atomic E-state index is 13.2. The molecule has 3 aliphatic rings. The molecule has 1 saturated carbocycles. The number of likely N-dealkylation sites (N-methyl/N-ethyl adjacent to an activating group) is 1. The first-order valence-corrected chi connectivity index (χ1v) is 12.9. The van der Waals surface area contributed by atoms with Gasteiger partial charge in [-0.2, -0.15) is 0 Å². The standard InChI is InChI=1S/C27H30ClN5O4/c1-33-10-11-36-16(13-33)14-37-20-12-29-9-6-17(20)22-23(31-19-5-3-4-18(28)24(19)35-2)21-25(32-22)27(7-8-27)15-30-26(21)34/h3-6,9,12,16,31-32H,7-8,10-11,13-15H2,1-2H3,(H,30,34)/t16-/m1/s1. The molecule has 2 aliphatic heterocycles. The number of hydrogen-bond acceptors (Lipinski definition) is 7. The normalized spacial score (nSPS) is 20.3. The van der Waals surface area contributed by atoms with E-state index in [0.29, 0.717) is 53.2 Å². The van der Waals surface area contributed by atoms with Crippen molar-refractivity contribution in [3.8, 4) is 22.8 Å². The third-order valence-corrected chi connectivity index (χ3v) is 7.75. The van der Waals surface area contributed by atoms with Crippen molar-refractivity contribution in [2.45, 2.75) is 24.4 Å². The van der Waals surface area contributed by atoms with Crippen molar-refractivity contribution in [3.05, 3.63) is 52.9 Å². The van der Waals surface area contributed by atoms with Gasteiger partial charge in [-0.3, -0.25) is 9.78 Å². The van der Waals surface area contributed by atoms with Crippen LogP contribution in [0.25, 0.3) is 11.3 Å². The van der Waals surface area contributed by atoms with Gasteiger partial charge >= 0.3 is 0 Å². The molecule has 2 fully saturated rings. The SMILES string of the molecule is COc1c(Cl)cccc1Nc1c(-c2ccncc2OC[C@H]2CN(C)CCO2)[nH]c2c1C(=O)NCC21CC1. The molecule has 1 aromatic carbocycles. The number of methoxy groups -OCH3 is 1. The number of carbonyl (C=O) groups is 1. The number of benzene rings is 1. The van der Waals surface area contributed by atoms with Gasteiger partial charge in [0.05, 0.1) is 47.6 Å². The second-order valence-electron chi connectivity index (χ2n) is 9.97. The Balaban J connectivity index is 1.43. The summed E-state index contributed by atoms with van der Waals surface area (Å²) in [5, 5.41) is 7.03. The number of amides is 1. The molecule has 4 heterocycles. The van der Waals surface area contributed by atoms with E-state index >= 15 is 0 Å². The molecule has 0 bridgehead atoms. The first-order chi connectivity index (χ1) is 18.0. The average Bonchev–Trinajstić information content (AvgIpc) is 3.58. The van der Waals surface area contributed by atoms with Gasteiger partial charge in [0.1, 0.15) is 18.5 Å². The summed E-state index contributed by atoms with van der Waals surface area (Å²) in [6.45, 7) is 3.43. The van der Waals surface area contributed by atoms with Crippen LogP contribution in [0.1, 0.15) is 28.9 Å². The topological polar surface area (TPSA) is 101 Å². The fraction of sp³-hybridized carbons (Fsp3) is 0.407.